The van der Waals surface area contributed by atoms with E-state index in [4.69, 9.17) is 0 Å². The predicted molar refractivity (Wildman–Crippen MR) is 54.7 cm³/mol. The highest BCUT2D eigenvalue weighted by Gasteiger charge is 2.49. The van der Waals surface area contributed by atoms with Crippen molar-refractivity contribution in [1.29, 1.82) is 0 Å². The minimum atomic E-state index is -4.69. The molecule has 1 rings (SSSR count). The van der Waals surface area contributed by atoms with Crippen molar-refractivity contribution in [3.8, 4) is 0 Å². The predicted octanol–water partition coefficient (Wildman–Crippen LogP) is 1.70. The first kappa shape index (κ1) is 13.9. The molecule has 0 unspecified atom stereocenters. The summed E-state index contributed by atoms with van der Waals surface area (Å²) in [6.45, 7) is 1.49. The van der Waals surface area contributed by atoms with Gasteiger partial charge in [0, 0.05) is 6.20 Å². The first-order valence-corrected chi connectivity index (χ1v) is 6.06. The van der Waals surface area contributed by atoms with Gasteiger partial charge in [0.25, 0.3) is 10.0 Å². The van der Waals surface area contributed by atoms with Crippen molar-refractivity contribution in [3.05, 3.63) is 24.4 Å². The number of sulfonamides is 1. The maximum atomic E-state index is 12.5. The molecule has 0 aromatic carbocycles. The van der Waals surface area contributed by atoms with Crippen LogP contribution in [0.3, 0.4) is 0 Å². The molecule has 0 bridgehead atoms. The highest BCUT2D eigenvalue weighted by Crippen LogP contribution is 2.30. The van der Waals surface area contributed by atoms with Crippen molar-refractivity contribution in [2.75, 3.05) is 0 Å². The van der Waals surface area contributed by atoms with Gasteiger partial charge >= 0.3 is 6.18 Å². The Bertz CT molecular complexity index is 483. The third-order valence-electron chi connectivity index (χ3n) is 2.01. The van der Waals surface area contributed by atoms with Crippen LogP contribution in [0.1, 0.15) is 13.8 Å². The molecule has 0 atom stereocenters. The number of nitrogens with zero attached hydrogens (tertiary/aromatic N) is 1. The fourth-order valence-electron chi connectivity index (χ4n) is 0.952. The molecule has 1 N–H and O–H groups in total. The van der Waals surface area contributed by atoms with Crippen LogP contribution < -0.4 is 4.72 Å². The van der Waals surface area contributed by atoms with E-state index < -0.39 is 26.8 Å². The fraction of sp³-hybridized carbons (Fsp3) is 0.444. The van der Waals surface area contributed by atoms with Gasteiger partial charge in [0.2, 0.25) is 0 Å². The molecule has 0 radical (unpaired) electrons. The van der Waals surface area contributed by atoms with Gasteiger partial charge in [-0.15, -0.1) is 0 Å². The minimum absolute atomic E-state index is 0.447. The van der Waals surface area contributed by atoms with Crippen molar-refractivity contribution in [3.63, 3.8) is 0 Å². The largest absolute Gasteiger partial charge is 0.407 e. The topological polar surface area (TPSA) is 59.1 Å². The highest BCUT2D eigenvalue weighted by molar-refractivity contribution is 7.89. The van der Waals surface area contributed by atoms with Crippen LogP contribution in [0.5, 0.6) is 0 Å². The number of halogens is 3. The van der Waals surface area contributed by atoms with Crippen molar-refractivity contribution in [1.82, 2.24) is 9.71 Å². The number of rotatable bonds is 3. The third-order valence-corrected chi connectivity index (χ3v) is 3.58. The summed E-state index contributed by atoms with van der Waals surface area (Å²) in [5, 5.41) is -0.447. The summed E-state index contributed by atoms with van der Waals surface area (Å²) in [6, 6.07) is 3.96. The molecule has 0 saturated carbocycles. The number of aromatic nitrogens is 1. The molecule has 0 spiro atoms. The molecular weight excluding hydrogens is 257 g/mol. The normalized spacial score (nSPS) is 13.7. The van der Waals surface area contributed by atoms with Crippen molar-refractivity contribution >= 4 is 10.0 Å². The van der Waals surface area contributed by atoms with Crippen LogP contribution in [0.25, 0.3) is 0 Å². The average Bonchev–Trinajstić information content (AvgIpc) is 2.15. The van der Waals surface area contributed by atoms with E-state index in [-0.39, 0.29) is 0 Å². The SMILES string of the molecule is CC(C)(NS(=O)(=O)c1ccccn1)C(F)(F)F. The van der Waals surface area contributed by atoms with E-state index in [9.17, 15) is 21.6 Å². The molecule has 0 amide bonds. The van der Waals surface area contributed by atoms with Crippen LogP contribution in [0.2, 0.25) is 0 Å². The van der Waals surface area contributed by atoms with Gasteiger partial charge in [-0.3, -0.25) is 0 Å². The smallest absolute Gasteiger partial charge is 0.243 e. The molecular formula is C9H11F3N2O2S. The molecule has 0 fully saturated rings. The standard InChI is InChI=1S/C9H11F3N2O2S/c1-8(2,9(10,11)12)14-17(15,16)7-5-3-4-6-13-7/h3-6,14H,1-2H3. The summed E-state index contributed by atoms with van der Waals surface area (Å²) in [5.41, 5.74) is -2.55. The molecule has 96 valence electrons. The zero-order valence-corrected chi connectivity index (χ0v) is 9.93. The summed E-state index contributed by atoms with van der Waals surface area (Å²) in [7, 11) is -4.28. The van der Waals surface area contributed by atoms with Gasteiger partial charge in [0.1, 0.15) is 5.54 Å². The van der Waals surface area contributed by atoms with E-state index in [1.807, 2.05) is 0 Å². The number of hydrogen-bond donors (Lipinski definition) is 1. The Morgan fingerprint density at radius 1 is 1.24 bits per heavy atom. The number of nitrogens with one attached hydrogen (secondary N) is 1. The molecule has 1 heterocycles. The van der Waals surface area contributed by atoms with Gasteiger partial charge < -0.3 is 0 Å². The Kier molecular flexibility index (Phi) is 3.49. The lowest BCUT2D eigenvalue weighted by atomic mass is 10.1. The van der Waals surface area contributed by atoms with Crippen LogP contribution in [0.4, 0.5) is 13.2 Å². The fourth-order valence-corrected chi connectivity index (χ4v) is 2.30. The Labute approximate surface area is 96.9 Å². The molecule has 8 heteroatoms. The van der Waals surface area contributed by atoms with Crippen LogP contribution in [-0.4, -0.2) is 25.1 Å². The van der Waals surface area contributed by atoms with E-state index >= 15 is 0 Å². The second-order valence-corrected chi connectivity index (χ2v) is 5.53. The maximum absolute atomic E-state index is 12.5. The minimum Gasteiger partial charge on any atom is -0.243 e. The Morgan fingerprint density at radius 3 is 2.24 bits per heavy atom. The number of alkyl halides is 3. The van der Waals surface area contributed by atoms with E-state index in [0.29, 0.717) is 0 Å². The molecule has 0 aliphatic rings. The Hall–Kier alpha value is -1.15. The lowest BCUT2D eigenvalue weighted by Crippen LogP contribution is -2.54. The molecule has 0 aliphatic carbocycles. The van der Waals surface area contributed by atoms with Crippen LogP contribution in [-0.2, 0) is 10.0 Å². The molecule has 17 heavy (non-hydrogen) atoms. The quantitative estimate of drug-likeness (QED) is 0.907. The summed E-state index contributed by atoms with van der Waals surface area (Å²) in [5.74, 6) is 0. The van der Waals surface area contributed by atoms with Gasteiger partial charge in [-0.2, -0.15) is 17.9 Å². The molecule has 1 aromatic heterocycles. The molecule has 0 aliphatic heterocycles. The molecule has 4 nitrogen and oxygen atoms in total. The maximum Gasteiger partial charge on any atom is 0.407 e. The second kappa shape index (κ2) is 4.26. The van der Waals surface area contributed by atoms with E-state index in [2.05, 4.69) is 4.98 Å². The zero-order valence-electron chi connectivity index (χ0n) is 9.12. The van der Waals surface area contributed by atoms with Gasteiger partial charge in [-0.1, -0.05) is 6.07 Å². The van der Waals surface area contributed by atoms with Gasteiger partial charge in [-0.05, 0) is 26.0 Å². The van der Waals surface area contributed by atoms with Crippen LogP contribution >= 0.6 is 0 Å². The monoisotopic (exact) mass is 268 g/mol. The highest BCUT2D eigenvalue weighted by atomic mass is 32.2. The van der Waals surface area contributed by atoms with Crippen molar-refractivity contribution < 1.29 is 21.6 Å². The van der Waals surface area contributed by atoms with Gasteiger partial charge in [0.15, 0.2) is 5.03 Å². The average molecular weight is 268 g/mol. The van der Waals surface area contributed by atoms with Crippen LogP contribution in [0, 0.1) is 0 Å². The van der Waals surface area contributed by atoms with E-state index in [0.717, 1.165) is 19.9 Å². The number of hydrogen-bond acceptors (Lipinski definition) is 3. The van der Waals surface area contributed by atoms with E-state index in [1.54, 1.807) is 4.72 Å². The summed E-state index contributed by atoms with van der Waals surface area (Å²) >= 11 is 0. The summed E-state index contributed by atoms with van der Waals surface area (Å²) in [6.07, 6.45) is -3.50. The molecule has 0 saturated heterocycles. The zero-order chi connectivity index (χ0) is 13.3. The van der Waals surface area contributed by atoms with E-state index in [1.165, 1.54) is 18.3 Å². The van der Waals surface area contributed by atoms with Crippen molar-refractivity contribution in [2.45, 2.75) is 30.6 Å². The lowest BCUT2D eigenvalue weighted by Gasteiger charge is -2.28. The van der Waals surface area contributed by atoms with Gasteiger partial charge in [0.05, 0.1) is 0 Å². The first-order valence-electron chi connectivity index (χ1n) is 4.58. The summed E-state index contributed by atoms with van der Waals surface area (Å²) < 4.78 is 62.4. The number of pyridine rings is 1. The first-order chi connectivity index (χ1) is 7.56. The third kappa shape index (κ3) is 3.16. The Morgan fingerprint density at radius 2 is 1.82 bits per heavy atom. The van der Waals surface area contributed by atoms with Crippen molar-refractivity contribution in [2.24, 2.45) is 0 Å². The summed E-state index contributed by atoms with van der Waals surface area (Å²) in [4.78, 5) is 3.50. The Balaban J connectivity index is 3.04. The van der Waals surface area contributed by atoms with Crippen LogP contribution in [0.15, 0.2) is 29.4 Å². The molecule has 1 aromatic rings. The second-order valence-electron chi connectivity index (χ2n) is 3.90. The van der Waals surface area contributed by atoms with Gasteiger partial charge in [-0.25, -0.2) is 13.4 Å². The lowest BCUT2D eigenvalue weighted by molar-refractivity contribution is -0.180.